The predicted octanol–water partition coefficient (Wildman–Crippen LogP) is 0.774. The smallest absolute Gasteiger partial charge is 0.153 e. The fourth-order valence-electron chi connectivity index (χ4n) is 0.894. The van der Waals surface area contributed by atoms with Crippen LogP contribution in [-0.4, -0.2) is 21.9 Å². The Morgan fingerprint density at radius 1 is 1.29 bits per heavy atom. The highest BCUT2D eigenvalue weighted by molar-refractivity contribution is 5.19. The number of rotatable bonds is 1. The Morgan fingerprint density at radius 2 is 2.07 bits per heavy atom. The normalized spacial score (nSPS) is 9.00. The highest BCUT2D eigenvalue weighted by Gasteiger charge is 1.92. The zero-order valence-corrected chi connectivity index (χ0v) is 7.87. The lowest BCUT2D eigenvalue weighted by Gasteiger charge is -1.96. The van der Waals surface area contributed by atoms with Gasteiger partial charge in [-0.15, -0.1) is 0 Å². The van der Waals surface area contributed by atoms with E-state index in [1.807, 2.05) is 30.5 Å². The molecule has 5 nitrogen and oxygen atoms in total. The van der Waals surface area contributed by atoms with Crippen LogP contribution in [0.3, 0.4) is 0 Å². The summed E-state index contributed by atoms with van der Waals surface area (Å²) in [7, 11) is 1.40. The van der Waals surface area contributed by atoms with E-state index in [0.29, 0.717) is 0 Å². The van der Waals surface area contributed by atoms with Crippen molar-refractivity contribution in [3.8, 4) is 5.82 Å². The third-order valence-corrected chi connectivity index (χ3v) is 1.39. The number of aromatic nitrogens is 3. The molecule has 2 N–H and O–H groups in total. The molecule has 0 bridgehead atoms. The summed E-state index contributed by atoms with van der Waals surface area (Å²) < 4.78 is 1.72. The molecule has 0 aliphatic rings. The van der Waals surface area contributed by atoms with Crippen LogP contribution in [0.15, 0.2) is 42.9 Å². The maximum atomic E-state index is 4.35. The topological polar surface area (TPSA) is 66.0 Å². The van der Waals surface area contributed by atoms with Crippen molar-refractivity contribution in [3.63, 3.8) is 0 Å². The Hall–Kier alpha value is -1.72. The van der Waals surface area contributed by atoms with Crippen LogP contribution in [0.25, 0.3) is 5.82 Å². The molecule has 2 aromatic rings. The van der Waals surface area contributed by atoms with E-state index in [-0.39, 0.29) is 0 Å². The first kappa shape index (κ1) is 10.4. The van der Waals surface area contributed by atoms with Gasteiger partial charge in [-0.25, -0.2) is 15.6 Å². The van der Waals surface area contributed by atoms with E-state index >= 15 is 0 Å². The van der Waals surface area contributed by atoms with Crippen LogP contribution in [0.2, 0.25) is 0 Å². The largest absolute Gasteiger partial charge is 0.308 e. The van der Waals surface area contributed by atoms with E-state index < -0.39 is 0 Å². The molecule has 14 heavy (non-hydrogen) atoms. The van der Waals surface area contributed by atoms with Crippen molar-refractivity contribution in [2.45, 2.75) is 0 Å². The van der Waals surface area contributed by atoms with Gasteiger partial charge in [-0.3, -0.25) is 0 Å². The zero-order chi connectivity index (χ0) is 10.2. The van der Waals surface area contributed by atoms with Crippen LogP contribution < -0.4 is 5.90 Å². The highest BCUT2D eigenvalue weighted by atomic mass is 16.6. The van der Waals surface area contributed by atoms with Crippen molar-refractivity contribution in [1.29, 1.82) is 0 Å². The molecule has 2 aromatic heterocycles. The Labute approximate surface area is 82.1 Å². The molecule has 0 radical (unpaired) electrons. The van der Waals surface area contributed by atoms with Crippen molar-refractivity contribution in [2.75, 3.05) is 7.11 Å². The second-order valence-corrected chi connectivity index (χ2v) is 2.37. The molecule has 2 heterocycles. The van der Waals surface area contributed by atoms with Gasteiger partial charge in [-0.1, -0.05) is 6.07 Å². The highest BCUT2D eigenvalue weighted by Crippen LogP contribution is 1.98. The van der Waals surface area contributed by atoms with Crippen LogP contribution in [-0.2, 0) is 4.84 Å². The molecule has 0 spiro atoms. The first-order valence-corrected chi connectivity index (χ1v) is 4.02. The third kappa shape index (κ3) is 2.96. The average molecular weight is 192 g/mol. The summed E-state index contributed by atoms with van der Waals surface area (Å²) in [6, 6.07) is 7.60. The maximum Gasteiger partial charge on any atom is 0.153 e. The minimum atomic E-state index is 0.845. The van der Waals surface area contributed by atoms with Crippen LogP contribution in [0.4, 0.5) is 0 Å². The molecule has 0 aliphatic heterocycles. The minimum Gasteiger partial charge on any atom is -0.308 e. The molecule has 0 atom stereocenters. The molecule has 0 unspecified atom stereocenters. The maximum absolute atomic E-state index is 4.35. The van der Waals surface area contributed by atoms with Gasteiger partial charge < -0.3 is 4.84 Å². The summed E-state index contributed by atoms with van der Waals surface area (Å²) in [6.07, 6.45) is 5.34. The predicted molar refractivity (Wildman–Crippen MR) is 52.6 cm³/mol. The summed E-state index contributed by atoms with van der Waals surface area (Å²) in [5.74, 6) is 5.19. The van der Waals surface area contributed by atoms with Crippen LogP contribution in [0.5, 0.6) is 0 Å². The number of hydrogen-bond donors (Lipinski definition) is 1. The first-order chi connectivity index (χ1) is 6.88. The number of nitrogens with zero attached hydrogens (tertiary/aromatic N) is 3. The minimum absolute atomic E-state index is 0.845. The van der Waals surface area contributed by atoms with Gasteiger partial charge in [-0.05, 0) is 18.2 Å². The van der Waals surface area contributed by atoms with Crippen molar-refractivity contribution in [2.24, 2.45) is 5.90 Å². The lowest BCUT2D eigenvalue weighted by molar-refractivity contribution is 0.206. The summed E-state index contributed by atoms with van der Waals surface area (Å²) in [6.45, 7) is 0. The molecule has 0 saturated carbocycles. The van der Waals surface area contributed by atoms with Crippen LogP contribution in [0.1, 0.15) is 0 Å². The van der Waals surface area contributed by atoms with E-state index in [1.54, 1.807) is 17.1 Å². The van der Waals surface area contributed by atoms with E-state index in [2.05, 4.69) is 20.8 Å². The first-order valence-electron chi connectivity index (χ1n) is 4.02. The molecule has 0 amide bonds. The average Bonchev–Trinajstić information content (AvgIpc) is 2.73. The summed E-state index contributed by atoms with van der Waals surface area (Å²) in [4.78, 5) is 7.87. The van der Waals surface area contributed by atoms with Crippen molar-refractivity contribution in [3.05, 3.63) is 42.9 Å². The lowest BCUT2D eigenvalue weighted by atomic mass is 10.5. The summed E-state index contributed by atoms with van der Waals surface area (Å²) in [5, 5.41) is 4.04. The van der Waals surface area contributed by atoms with Gasteiger partial charge in [-0.2, -0.15) is 5.10 Å². The van der Waals surface area contributed by atoms with Crippen LogP contribution in [0, 0.1) is 0 Å². The SMILES string of the molecule is CON.c1ccc(-n2cccn2)nc1. The third-order valence-electron chi connectivity index (χ3n) is 1.39. The van der Waals surface area contributed by atoms with E-state index in [0.717, 1.165) is 5.82 Å². The van der Waals surface area contributed by atoms with E-state index in [1.165, 1.54) is 7.11 Å². The molecule has 5 heteroatoms. The molecule has 0 fully saturated rings. The van der Waals surface area contributed by atoms with Gasteiger partial charge in [0, 0.05) is 18.6 Å². The van der Waals surface area contributed by atoms with Gasteiger partial charge in [0.05, 0.1) is 7.11 Å². The van der Waals surface area contributed by atoms with Crippen LogP contribution >= 0.6 is 0 Å². The second kappa shape index (κ2) is 5.85. The van der Waals surface area contributed by atoms with Gasteiger partial charge in [0.15, 0.2) is 5.82 Å². The van der Waals surface area contributed by atoms with Crippen molar-refractivity contribution < 1.29 is 4.84 Å². The molecule has 2 rings (SSSR count). The fraction of sp³-hybridized carbons (Fsp3) is 0.111. The Kier molecular flexibility index (Phi) is 4.33. The second-order valence-electron chi connectivity index (χ2n) is 2.37. The Balaban J connectivity index is 0.000000293. The summed E-state index contributed by atoms with van der Waals surface area (Å²) in [5.41, 5.74) is 0. The van der Waals surface area contributed by atoms with Gasteiger partial charge in [0.25, 0.3) is 0 Å². The summed E-state index contributed by atoms with van der Waals surface area (Å²) >= 11 is 0. The molecule has 0 aromatic carbocycles. The molecule has 0 aliphatic carbocycles. The molecular formula is C9H12N4O. The number of pyridine rings is 1. The van der Waals surface area contributed by atoms with Crippen molar-refractivity contribution in [1.82, 2.24) is 14.8 Å². The Bertz CT molecular complexity index is 333. The van der Waals surface area contributed by atoms with Gasteiger partial charge in [0.2, 0.25) is 0 Å². The lowest BCUT2D eigenvalue weighted by Crippen LogP contribution is -1.95. The van der Waals surface area contributed by atoms with Gasteiger partial charge in [0.1, 0.15) is 0 Å². The number of nitrogens with two attached hydrogens (primary N) is 1. The zero-order valence-electron chi connectivity index (χ0n) is 7.87. The fourth-order valence-corrected chi connectivity index (χ4v) is 0.894. The molecule has 74 valence electrons. The Morgan fingerprint density at radius 3 is 2.57 bits per heavy atom. The van der Waals surface area contributed by atoms with Gasteiger partial charge >= 0.3 is 0 Å². The van der Waals surface area contributed by atoms with E-state index in [9.17, 15) is 0 Å². The number of hydrogen-bond acceptors (Lipinski definition) is 4. The monoisotopic (exact) mass is 192 g/mol. The standard InChI is InChI=1S/C8H7N3.CH5NO/c1-2-5-9-8(4-1)11-7-3-6-10-11;1-3-2/h1-7H;2H2,1H3. The van der Waals surface area contributed by atoms with E-state index in [4.69, 9.17) is 0 Å². The van der Waals surface area contributed by atoms with Crippen molar-refractivity contribution >= 4 is 0 Å². The quantitative estimate of drug-likeness (QED) is 0.678. The molecular weight excluding hydrogens is 180 g/mol. The molecule has 0 saturated heterocycles.